The number of allylic oxidation sites excluding steroid dienone is 3. The van der Waals surface area contributed by atoms with E-state index in [4.69, 9.17) is 16.7 Å². The summed E-state index contributed by atoms with van der Waals surface area (Å²) >= 11 is 5.35. The van der Waals surface area contributed by atoms with Crippen LogP contribution in [0, 0.1) is 0 Å². The van der Waals surface area contributed by atoms with Gasteiger partial charge in [0.25, 0.3) is 0 Å². The Kier molecular flexibility index (Phi) is 4.67. The lowest BCUT2D eigenvalue weighted by Gasteiger charge is -1.85. The number of carbonyl (C=O) groups is 1. The first-order chi connectivity index (χ1) is 4.66. The predicted octanol–water partition coefficient (Wildman–Crippen LogP) is 1.81. The molecule has 10 heavy (non-hydrogen) atoms. The van der Waals surface area contributed by atoms with Gasteiger partial charge in [-0.15, -0.1) is 11.6 Å². The molecule has 56 valence electrons. The number of alkyl halides is 1. The molecule has 0 spiro atoms. The summed E-state index contributed by atoms with van der Waals surface area (Å²) in [4.78, 5) is 9.96. The molecule has 0 aromatic rings. The fraction of sp³-hybridized carbons (Fsp3) is 0.286. The smallest absolute Gasteiger partial charge is 0.328 e. The fourth-order valence-corrected chi connectivity index (χ4v) is 0.636. The van der Waals surface area contributed by atoms with Gasteiger partial charge in [0.1, 0.15) is 0 Å². The SMILES string of the molecule is CC(/C=C/C(=O)O)=C\CCl. The zero-order valence-corrected chi connectivity index (χ0v) is 6.43. The van der Waals surface area contributed by atoms with E-state index in [-0.39, 0.29) is 0 Å². The fourth-order valence-electron chi connectivity index (χ4n) is 0.392. The zero-order chi connectivity index (χ0) is 7.98. The molecule has 0 heterocycles. The average molecular weight is 161 g/mol. The van der Waals surface area contributed by atoms with Crippen LogP contribution in [0.1, 0.15) is 6.92 Å². The van der Waals surface area contributed by atoms with Gasteiger partial charge in [-0.25, -0.2) is 4.79 Å². The molecular weight excluding hydrogens is 152 g/mol. The van der Waals surface area contributed by atoms with Crippen LogP contribution in [0.2, 0.25) is 0 Å². The van der Waals surface area contributed by atoms with Crippen LogP contribution in [0.25, 0.3) is 0 Å². The first-order valence-corrected chi connectivity index (χ1v) is 3.34. The lowest BCUT2D eigenvalue weighted by molar-refractivity contribution is -0.131. The molecule has 0 rings (SSSR count). The molecule has 0 fully saturated rings. The Labute approximate surface area is 64.8 Å². The van der Waals surface area contributed by atoms with Crippen molar-refractivity contribution in [3.05, 3.63) is 23.8 Å². The molecule has 0 unspecified atom stereocenters. The number of halogens is 1. The van der Waals surface area contributed by atoms with Crippen LogP contribution in [0.15, 0.2) is 23.8 Å². The van der Waals surface area contributed by atoms with Crippen molar-refractivity contribution < 1.29 is 9.90 Å². The maximum atomic E-state index is 9.96. The third kappa shape index (κ3) is 5.38. The molecule has 0 aromatic heterocycles. The van der Waals surface area contributed by atoms with E-state index in [1.807, 2.05) is 0 Å². The van der Waals surface area contributed by atoms with E-state index in [1.165, 1.54) is 6.08 Å². The van der Waals surface area contributed by atoms with Crippen molar-refractivity contribution in [2.45, 2.75) is 6.92 Å². The number of rotatable bonds is 3. The van der Waals surface area contributed by atoms with Gasteiger partial charge < -0.3 is 5.11 Å². The summed E-state index contributed by atoms with van der Waals surface area (Å²) in [5, 5.41) is 8.18. The van der Waals surface area contributed by atoms with Crippen LogP contribution >= 0.6 is 11.6 Å². The standard InChI is InChI=1S/C7H9ClO2/c1-6(4-5-8)2-3-7(9)10/h2-4H,5H2,1H3,(H,9,10)/b3-2+,6-4+. The molecule has 0 amide bonds. The Morgan fingerprint density at radius 3 is 2.60 bits per heavy atom. The lowest BCUT2D eigenvalue weighted by atomic mass is 10.3. The quantitative estimate of drug-likeness (QED) is 0.389. The van der Waals surface area contributed by atoms with Crippen molar-refractivity contribution in [3.8, 4) is 0 Å². The van der Waals surface area contributed by atoms with Crippen LogP contribution in [-0.2, 0) is 4.79 Å². The Balaban J connectivity index is 3.89. The number of aliphatic carboxylic acids is 1. The van der Waals surface area contributed by atoms with E-state index in [2.05, 4.69) is 0 Å². The Morgan fingerprint density at radius 2 is 2.20 bits per heavy atom. The number of carboxylic acid groups (broad SMARTS) is 1. The Bertz CT molecular complexity index is 170. The van der Waals surface area contributed by atoms with E-state index >= 15 is 0 Å². The van der Waals surface area contributed by atoms with E-state index in [9.17, 15) is 4.79 Å². The number of carboxylic acids is 1. The molecule has 0 aliphatic rings. The largest absolute Gasteiger partial charge is 0.478 e. The number of hydrogen-bond donors (Lipinski definition) is 1. The van der Waals surface area contributed by atoms with Crippen molar-refractivity contribution in [1.29, 1.82) is 0 Å². The molecule has 0 saturated heterocycles. The highest BCUT2D eigenvalue weighted by molar-refractivity contribution is 6.18. The Morgan fingerprint density at radius 1 is 1.60 bits per heavy atom. The van der Waals surface area contributed by atoms with Crippen molar-refractivity contribution >= 4 is 17.6 Å². The highest BCUT2D eigenvalue weighted by Crippen LogP contribution is 1.94. The summed E-state index contributed by atoms with van der Waals surface area (Å²) in [6.07, 6.45) is 4.32. The minimum atomic E-state index is -0.942. The maximum absolute atomic E-state index is 9.96. The van der Waals surface area contributed by atoms with Crippen molar-refractivity contribution in [1.82, 2.24) is 0 Å². The molecule has 0 bridgehead atoms. The maximum Gasteiger partial charge on any atom is 0.328 e. The third-order valence-electron chi connectivity index (χ3n) is 0.888. The second kappa shape index (κ2) is 5.06. The summed E-state index contributed by atoms with van der Waals surface area (Å²) in [6, 6.07) is 0. The van der Waals surface area contributed by atoms with Gasteiger partial charge in [-0.3, -0.25) is 0 Å². The van der Waals surface area contributed by atoms with Crippen LogP contribution in [-0.4, -0.2) is 17.0 Å². The molecular formula is C7H9ClO2. The van der Waals surface area contributed by atoms with E-state index < -0.39 is 5.97 Å². The first kappa shape index (κ1) is 9.24. The van der Waals surface area contributed by atoms with E-state index in [0.717, 1.165) is 11.6 Å². The second-order valence-electron chi connectivity index (χ2n) is 1.77. The number of hydrogen-bond acceptors (Lipinski definition) is 1. The van der Waals surface area contributed by atoms with Gasteiger partial charge >= 0.3 is 5.97 Å². The van der Waals surface area contributed by atoms with Gasteiger partial charge in [-0.05, 0) is 6.92 Å². The molecule has 3 heteroatoms. The summed E-state index contributed by atoms with van der Waals surface area (Å²) in [5.41, 5.74) is 0.859. The van der Waals surface area contributed by atoms with Crippen molar-refractivity contribution in [3.63, 3.8) is 0 Å². The summed E-state index contributed by atoms with van der Waals surface area (Å²) < 4.78 is 0. The minimum Gasteiger partial charge on any atom is -0.478 e. The first-order valence-electron chi connectivity index (χ1n) is 2.80. The van der Waals surface area contributed by atoms with Crippen molar-refractivity contribution in [2.24, 2.45) is 0 Å². The minimum absolute atomic E-state index is 0.412. The van der Waals surface area contributed by atoms with Crippen molar-refractivity contribution in [2.75, 3.05) is 5.88 Å². The molecule has 0 saturated carbocycles. The monoisotopic (exact) mass is 160 g/mol. The van der Waals surface area contributed by atoms with Gasteiger partial charge in [0.15, 0.2) is 0 Å². The third-order valence-corrected chi connectivity index (χ3v) is 1.04. The molecule has 0 aliphatic carbocycles. The normalized spacial score (nSPS) is 12.4. The van der Waals surface area contributed by atoms with Gasteiger partial charge in [-0.2, -0.15) is 0 Å². The molecule has 0 aromatic carbocycles. The molecule has 0 radical (unpaired) electrons. The van der Waals surface area contributed by atoms with Gasteiger partial charge in [0.2, 0.25) is 0 Å². The average Bonchev–Trinajstić information content (AvgIpc) is 1.85. The predicted molar refractivity (Wildman–Crippen MR) is 41.3 cm³/mol. The van der Waals surface area contributed by atoms with Gasteiger partial charge in [0.05, 0.1) is 0 Å². The van der Waals surface area contributed by atoms with Crippen LogP contribution in [0.4, 0.5) is 0 Å². The van der Waals surface area contributed by atoms with E-state index in [0.29, 0.717) is 5.88 Å². The highest BCUT2D eigenvalue weighted by atomic mass is 35.5. The van der Waals surface area contributed by atoms with Crippen LogP contribution in [0.3, 0.4) is 0 Å². The van der Waals surface area contributed by atoms with Gasteiger partial charge in [0, 0.05) is 12.0 Å². The topological polar surface area (TPSA) is 37.3 Å². The molecule has 2 nitrogen and oxygen atoms in total. The molecule has 0 atom stereocenters. The zero-order valence-electron chi connectivity index (χ0n) is 5.67. The van der Waals surface area contributed by atoms with E-state index in [1.54, 1.807) is 13.0 Å². The summed E-state index contributed by atoms with van der Waals surface area (Å²) in [5.74, 6) is -0.530. The highest BCUT2D eigenvalue weighted by Gasteiger charge is 1.84. The van der Waals surface area contributed by atoms with Gasteiger partial charge in [-0.1, -0.05) is 17.7 Å². The molecule has 1 N–H and O–H groups in total. The van der Waals surface area contributed by atoms with Crippen LogP contribution in [0.5, 0.6) is 0 Å². The Hall–Kier alpha value is -0.760. The summed E-state index contributed by atoms with van der Waals surface area (Å²) in [7, 11) is 0. The molecule has 0 aliphatic heterocycles. The lowest BCUT2D eigenvalue weighted by Crippen LogP contribution is -1.85. The second-order valence-corrected chi connectivity index (χ2v) is 2.08. The van der Waals surface area contributed by atoms with Crippen LogP contribution < -0.4 is 0 Å². The summed E-state index contributed by atoms with van der Waals surface area (Å²) in [6.45, 7) is 1.79.